The number of thioether (sulfide) groups is 3. The van der Waals surface area contributed by atoms with E-state index in [1.807, 2.05) is 59.6 Å². The van der Waals surface area contributed by atoms with Crippen LogP contribution in [0.15, 0.2) is 129 Å². The van der Waals surface area contributed by atoms with Crippen LogP contribution in [0.2, 0.25) is 0 Å². The van der Waals surface area contributed by atoms with Gasteiger partial charge in [-0.25, -0.2) is 0 Å². The molecule has 5 aromatic rings. The molecule has 0 N–H and O–H groups in total. The van der Waals surface area contributed by atoms with Gasteiger partial charge in [-0.2, -0.15) is 0 Å². The molecule has 0 saturated carbocycles. The summed E-state index contributed by atoms with van der Waals surface area (Å²) in [5.41, 5.74) is 12.1. The van der Waals surface area contributed by atoms with Crippen molar-refractivity contribution in [2.75, 3.05) is 18.0 Å². The van der Waals surface area contributed by atoms with E-state index < -0.39 is 0 Å². The summed E-state index contributed by atoms with van der Waals surface area (Å²) in [6, 6.07) is 25.6. The molecule has 2 fully saturated rings. The first-order valence-corrected chi connectivity index (χ1v) is 39.5. The molecule has 7 heterocycles. The molecule has 0 radical (unpaired) electrons. The minimum absolute atomic E-state index is 0.0235. The summed E-state index contributed by atoms with van der Waals surface area (Å²) in [6.07, 6.45) is 50.9. The largest absolute Gasteiger partial charge is 0.333 e. The Morgan fingerprint density at radius 3 is 1.76 bits per heavy atom. The van der Waals surface area contributed by atoms with Crippen molar-refractivity contribution >= 4 is 155 Å². The van der Waals surface area contributed by atoms with E-state index in [4.69, 9.17) is 24.4 Å². The van der Waals surface area contributed by atoms with Crippen molar-refractivity contribution in [2.45, 2.75) is 201 Å². The van der Waals surface area contributed by atoms with Gasteiger partial charge >= 0.3 is 0 Å². The number of benzene rings is 2. The number of nitrogens with zero attached hydrogens (tertiary/aromatic N) is 3. The standard InChI is InChI=1S/C77H91N3O2S8/c1-7-13-17-21-22-27-32-57-49-68(72-55(30-24-18-14-8-2)40-41-60(85-72)51-70-74(81)78(11-5)76(83)89-70)87-66(57)44-38-53-36-42-64-62(46-53)63-47-54(37-43-65(63)80(64)59-34-28-23-29-35-59)39-45-67-56(31-25-19-15-9-3)50-69(88-67)73-58(33-26-20-16-10-4)48-61(86-73)52-71-75(82)79(12-6)77(84)90-71/h23,28-29,34-39,41-52,63,65H,7-22,24-27,30-33,40H2,1-6H3/b44-38+,45-39+,70-51+,71-52+. The molecule has 10 rings (SSSR count). The first-order valence-electron chi connectivity index (χ1n) is 33.8. The lowest BCUT2D eigenvalue weighted by atomic mass is 9.87. The Labute approximate surface area is 574 Å². The van der Waals surface area contributed by atoms with E-state index in [1.165, 1.54) is 212 Å². The molecule has 3 aromatic heterocycles. The summed E-state index contributed by atoms with van der Waals surface area (Å²) in [5.74, 6) is 0.218. The predicted molar refractivity (Wildman–Crippen MR) is 409 cm³/mol. The number of thiocarbonyl (C=S) groups is 2. The van der Waals surface area contributed by atoms with Gasteiger partial charge < -0.3 is 4.90 Å². The average Bonchev–Trinajstić information content (AvgIpc) is 1.68. The second-order valence-electron chi connectivity index (χ2n) is 24.4. The normalized spacial score (nSPS) is 18.6. The van der Waals surface area contributed by atoms with Crippen LogP contribution in [0, 0.1) is 0 Å². The number of fused-ring (bicyclic) bond motifs is 3. The number of amides is 2. The smallest absolute Gasteiger partial charge is 0.266 e. The molecular weight excluding hydrogens is 1260 g/mol. The second-order valence-corrected chi connectivity index (χ2v) is 32.1. The number of likely N-dealkylation sites (N-methyl/N-ethyl adjacent to an activating group) is 2. The summed E-state index contributed by atoms with van der Waals surface area (Å²) < 4.78 is 1.30. The topological polar surface area (TPSA) is 43.9 Å². The van der Waals surface area contributed by atoms with Crippen LogP contribution in [0.1, 0.15) is 223 Å². The van der Waals surface area contributed by atoms with Crippen LogP contribution in [0.4, 0.5) is 11.4 Å². The van der Waals surface area contributed by atoms with E-state index in [2.05, 4.69) is 160 Å². The Morgan fingerprint density at radius 1 is 0.556 bits per heavy atom. The van der Waals surface area contributed by atoms with Crippen LogP contribution >= 0.6 is 93.7 Å². The fourth-order valence-electron chi connectivity index (χ4n) is 12.8. The van der Waals surface area contributed by atoms with Gasteiger partial charge in [-0.15, -0.1) is 34.0 Å². The predicted octanol–water partition coefficient (Wildman–Crippen LogP) is 24.4. The molecule has 2 amide bonds. The van der Waals surface area contributed by atoms with Crippen LogP contribution in [-0.2, 0) is 28.9 Å². The lowest BCUT2D eigenvalue weighted by Gasteiger charge is -2.29. The number of para-hydroxylation sites is 1. The molecule has 1 aliphatic carbocycles. The number of anilines is 2. The van der Waals surface area contributed by atoms with E-state index in [0.717, 1.165) is 58.1 Å². The molecule has 0 bridgehead atoms. The molecule has 13 heteroatoms. The second kappa shape index (κ2) is 34.0. The highest BCUT2D eigenvalue weighted by atomic mass is 32.2. The van der Waals surface area contributed by atoms with Crippen molar-refractivity contribution in [3.8, 4) is 9.75 Å². The molecular formula is C77H91N3O2S8. The van der Waals surface area contributed by atoms with Gasteiger partial charge in [0.1, 0.15) is 8.64 Å². The Hall–Kier alpha value is -4.57. The number of carbonyl (C=O) groups excluding carboxylic acids is 2. The van der Waals surface area contributed by atoms with Gasteiger partial charge in [0.05, 0.1) is 15.9 Å². The summed E-state index contributed by atoms with van der Waals surface area (Å²) in [4.78, 5) is 44.6. The van der Waals surface area contributed by atoms with E-state index >= 15 is 0 Å². The van der Waals surface area contributed by atoms with E-state index in [9.17, 15) is 9.59 Å². The summed E-state index contributed by atoms with van der Waals surface area (Å²) in [5, 5.41) is 0. The van der Waals surface area contributed by atoms with Gasteiger partial charge in [0, 0.05) is 69.5 Å². The molecule has 2 unspecified atom stereocenters. The zero-order chi connectivity index (χ0) is 62.9. The molecule has 2 aromatic carbocycles. The Morgan fingerprint density at radius 2 is 1.12 bits per heavy atom. The van der Waals surface area contributed by atoms with Crippen LogP contribution in [0.5, 0.6) is 0 Å². The lowest BCUT2D eigenvalue weighted by Crippen LogP contribution is -2.28. The van der Waals surface area contributed by atoms with E-state index in [-0.39, 0.29) is 23.8 Å². The van der Waals surface area contributed by atoms with Crippen molar-refractivity contribution < 1.29 is 9.59 Å². The maximum absolute atomic E-state index is 13.4. The minimum atomic E-state index is 0.0235. The van der Waals surface area contributed by atoms with Gasteiger partial charge in [0.15, 0.2) is 0 Å². The zero-order valence-electron chi connectivity index (χ0n) is 53.9. The summed E-state index contributed by atoms with van der Waals surface area (Å²) in [7, 11) is 0. The SMILES string of the molecule is CCCCCCCCc1cc(C2=C(CCCCCC)CC=C(/C=C3/SC(=S)N(CC)C3=O)S2)sc1/C=C/c1ccc2c(c1)C1C=C(/C=C/c3sc(-c4sc(/C=C5/SC(=S)N(CC)C5=O)cc4CCCCCC)cc3CCCCCC)C=CC1N2c1ccccc1. The van der Waals surface area contributed by atoms with Crippen LogP contribution in [0.3, 0.4) is 0 Å². The Balaban J connectivity index is 0.962. The molecule has 4 aliphatic heterocycles. The van der Waals surface area contributed by atoms with Crippen LogP contribution < -0.4 is 4.90 Å². The molecule has 5 nitrogen and oxygen atoms in total. The third-order valence-electron chi connectivity index (χ3n) is 17.8. The first-order chi connectivity index (χ1) is 44.0. The highest BCUT2D eigenvalue weighted by Gasteiger charge is 2.39. The summed E-state index contributed by atoms with van der Waals surface area (Å²) >= 11 is 21.7. The number of unbranched alkanes of at least 4 members (excludes halogenated alkanes) is 14. The molecule has 90 heavy (non-hydrogen) atoms. The fourth-order valence-corrected chi connectivity index (χ4v) is 20.5. The van der Waals surface area contributed by atoms with Crippen LogP contribution in [-0.4, -0.2) is 49.4 Å². The number of allylic oxidation sites excluding steroid dienone is 6. The Bertz CT molecular complexity index is 3620. The monoisotopic (exact) mass is 1350 g/mol. The number of hydrogen-bond acceptors (Lipinski definition) is 11. The zero-order valence-corrected chi connectivity index (χ0v) is 60.4. The highest BCUT2D eigenvalue weighted by molar-refractivity contribution is 8.27. The molecule has 5 aliphatic rings. The number of rotatable bonds is 33. The van der Waals surface area contributed by atoms with Crippen LogP contribution in [0.25, 0.3) is 39.0 Å². The molecule has 2 atom stereocenters. The molecule has 0 spiro atoms. The maximum Gasteiger partial charge on any atom is 0.266 e. The Kier molecular flexibility index (Phi) is 25.8. The highest BCUT2D eigenvalue weighted by Crippen LogP contribution is 2.51. The van der Waals surface area contributed by atoms with Crippen molar-refractivity contribution in [3.05, 3.63) is 176 Å². The number of aryl methyl sites for hydroxylation is 3. The van der Waals surface area contributed by atoms with E-state index in [0.29, 0.717) is 21.7 Å². The first kappa shape index (κ1) is 68.3. The van der Waals surface area contributed by atoms with Crippen molar-refractivity contribution in [1.82, 2.24) is 9.80 Å². The summed E-state index contributed by atoms with van der Waals surface area (Å²) in [6.45, 7) is 14.3. The maximum atomic E-state index is 13.4. The van der Waals surface area contributed by atoms with Crippen molar-refractivity contribution in [2.24, 2.45) is 0 Å². The van der Waals surface area contributed by atoms with E-state index in [1.54, 1.807) is 9.80 Å². The quantitative estimate of drug-likeness (QED) is 0.0234. The fraction of sp³-hybridized carbons (Fsp3) is 0.429. The number of hydrogen-bond donors (Lipinski definition) is 0. The molecule has 2 saturated heterocycles. The van der Waals surface area contributed by atoms with Gasteiger partial charge in [0.25, 0.3) is 11.8 Å². The third-order valence-corrected chi connectivity index (χ3v) is 25.5. The van der Waals surface area contributed by atoms with Gasteiger partial charge in [-0.3, -0.25) is 19.4 Å². The van der Waals surface area contributed by atoms with Gasteiger partial charge in [-0.1, -0.05) is 244 Å². The molecule has 474 valence electrons. The van der Waals surface area contributed by atoms with Crippen molar-refractivity contribution in [3.63, 3.8) is 0 Å². The van der Waals surface area contributed by atoms with Gasteiger partial charge in [-0.05, 0) is 172 Å². The minimum Gasteiger partial charge on any atom is -0.333 e. The number of carbonyl (C=O) groups is 2. The lowest BCUT2D eigenvalue weighted by molar-refractivity contribution is -0.122. The van der Waals surface area contributed by atoms with Gasteiger partial charge in [0.2, 0.25) is 0 Å². The van der Waals surface area contributed by atoms with Crippen molar-refractivity contribution in [1.29, 1.82) is 0 Å². The third kappa shape index (κ3) is 17.0. The number of thiophene rings is 3. The average molecular weight is 1350 g/mol.